The zero-order valence-corrected chi connectivity index (χ0v) is 12.2. The lowest BCUT2D eigenvalue weighted by Crippen LogP contribution is -2.06. The molecular weight excluding hydrogens is 248 g/mol. The lowest BCUT2D eigenvalue weighted by atomic mass is 10.0. The highest BCUT2D eigenvalue weighted by Crippen LogP contribution is 2.36. The monoisotopic (exact) mass is 270 g/mol. The van der Waals surface area contributed by atoms with E-state index < -0.39 is 0 Å². The molecule has 1 aromatic heterocycles. The molecule has 3 heteroatoms. The first-order valence-corrected chi connectivity index (χ1v) is 7.50. The Kier molecular flexibility index (Phi) is 3.51. The summed E-state index contributed by atoms with van der Waals surface area (Å²) in [4.78, 5) is 4.80. The standard InChI is InChI=1S/C17H22N2O/c1-11(2)20-13-7-8-16-14(9-13)15(18)10-17(19-16)12-5-3-4-6-12/h7-12H,3-6H2,1-2H3,(H2,18,19). The molecule has 2 aromatic rings. The second-order valence-electron chi connectivity index (χ2n) is 5.96. The van der Waals surface area contributed by atoms with Crippen molar-refractivity contribution < 1.29 is 4.74 Å². The molecule has 0 saturated heterocycles. The Morgan fingerprint density at radius 3 is 2.65 bits per heavy atom. The molecule has 0 spiro atoms. The van der Waals surface area contributed by atoms with E-state index in [1.165, 1.54) is 25.7 Å². The summed E-state index contributed by atoms with van der Waals surface area (Å²) in [6.45, 7) is 4.05. The number of anilines is 1. The lowest BCUT2D eigenvalue weighted by Gasteiger charge is -2.14. The van der Waals surface area contributed by atoms with Crippen molar-refractivity contribution in [2.45, 2.75) is 51.6 Å². The Morgan fingerprint density at radius 1 is 1.20 bits per heavy atom. The number of rotatable bonds is 3. The number of nitrogens with two attached hydrogens (primary N) is 1. The zero-order chi connectivity index (χ0) is 14.1. The third-order valence-corrected chi connectivity index (χ3v) is 3.98. The number of aromatic nitrogens is 1. The van der Waals surface area contributed by atoms with Gasteiger partial charge in [0.05, 0.1) is 11.6 Å². The fraction of sp³-hybridized carbons (Fsp3) is 0.471. The number of hydrogen-bond acceptors (Lipinski definition) is 3. The minimum atomic E-state index is 0.166. The number of benzene rings is 1. The van der Waals surface area contributed by atoms with Gasteiger partial charge in [-0.15, -0.1) is 0 Å². The molecule has 1 heterocycles. The topological polar surface area (TPSA) is 48.1 Å². The average Bonchev–Trinajstić information content (AvgIpc) is 2.92. The number of nitrogen functional groups attached to an aromatic ring is 1. The zero-order valence-electron chi connectivity index (χ0n) is 12.2. The normalized spacial score (nSPS) is 16.1. The molecule has 0 unspecified atom stereocenters. The van der Waals surface area contributed by atoms with Crippen molar-refractivity contribution in [3.05, 3.63) is 30.0 Å². The van der Waals surface area contributed by atoms with Gasteiger partial charge >= 0.3 is 0 Å². The van der Waals surface area contributed by atoms with E-state index in [9.17, 15) is 0 Å². The van der Waals surface area contributed by atoms with Crippen LogP contribution in [0.25, 0.3) is 10.9 Å². The van der Waals surface area contributed by atoms with Gasteiger partial charge in [0.1, 0.15) is 5.75 Å². The minimum Gasteiger partial charge on any atom is -0.491 e. The number of nitrogens with zero attached hydrogens (tertiary/aromatic N) is 1. The number of ether oxygens (including phenoxy) is 1. The molecule has 1 aliphatic carbocycles. The molecule has 106 valence electrons. The summed E-state index contributed by atoms with van der Waals surface area (Å²) in [5.41, 5.74) is 9.17. The van der Waals surface area contributed by atoms with Gasteiger partial charge in [-0.25, -0.2) is 0 Å². The highest BCUT2D eigenvalue weighted by Gasteiger charge is 2.19. The minimum absolute atomic E-state index is 0.166. The Balaban J connectivity index is 2.00. The van der Waals surface area contributed by atoms with Crippen LogP contribution in [0, 0.1) is 0 Å². The predicted molar refractivity (Wildman–Crippen MR) is 83.1 cm³/mol. The van der Waals surface area contributed by atoms with Crippen LogP contribution in [0.1, 0.15) is 51.1 Å². The first kappa shape index (κ1) is 13.2. The molecule has 0 radical (unpaired) electrons. The number of pyridine rings is 1. The third-order valence-electron chi connectivity index (χ3n) is 3.98. The Hall–Kier alpha value is -1.77. The average molecular weight is 270 g/mol. The molecule has 3 nitrogen and oxygen atoms in total. The molecule has 1 saturated carbocycles. The second kappa shape index (κ2) is 5.31. The maximum Gasteiger partial charge on any atom is 0.120 e. The molecular formula is C17H22N2O. The maximum atomic E-state index is 6.23. The summed E-state index contributed by atoms with van der Waals surface area (Å²) < 4.78 is 5.72. The van der Waals surface area contributed by atoms with Crippen LogP contribution in [0.15, 0.2) is 24.3 Å². The number of hydrogen-bond donors (Lipinski definition) is 1. The van der Waals surface area contributed by atoms with E-state index in [0.717, 1.165) is 28.0 Å². The van der Waals surface area contributed by atoms with Crippen molar-refractivity contribution >= 4 is 16.6 Å². The molecule has 0 amide bonds. The molecule has 0 aliphatic heterocycles. The van der Waals surface area contributed by atoms with Crippen molar-refractivity contribution in [3.63, 3.8) is 0 Å². The molecule has 20 heavy (non-hydrogen) atoms. The summed E-state index contributed by atoms with van der Waals surface area (Å²) in [6, 6.07) is 8.04. The fourth-order valence-corrected chi connectivity index (χ4v) is 3.03. The molecule has 1 fully saturated rings. The molecule has 2 N–H and O–H groups in total. The molecule has 1 aromatic carbocycles. The first-order valence-electron chi connectivity index (χ1n) is 7.50. The third kappa shape index (κ3) is 2.58. The van der Waals surface area contributed by atoms with E-state index in [1.807, 2.05) is 32.0 Å². The van der Waals surface area contributed by atoms with Gasteiger partial charge in [0.2, 0.25) is 0 Å². The predicted octanol–water partition coefficient (Wildman–Crippen LogP) is 4.26. The Labute approximate surface area is 120 Å². The van der Waals surface area contributed by atoms with Crippen LogP contribution >= 0.6 is 0 Å². The van der Waals surface area contributed by atoms with E-state index in [-0.39, 0.29) is 6.10 Å². The van der Waals surface area contributed by atoms with Crippen LogP contribution in [-0.2, 0) is 0 Å². The SMILES string of the molecule is CC(C)Oc1ccc2nc(C3CCCC3)cc(N)c2c1. The van der Waals surface area contributed by atoms with Crippen LogP contribution in [-0.4, -0.2) is 11.1 Å². The van der Waals surface area contributed by atoms with Crippen molar-refractivity contribution in [2.75, 3.05) is 5.73 Å². The summed E-state index contributed by atoms with van der Waals surface area (Å²) in [5.74, 6) is 1.45. The van der Waals surface area contributed by atoms with Gasteiger partial charge in [-0.3, -0.25) is 4.98 Å². The van der Waals surface area contributed by atoms with Crippen molar-refractivity contribution in [2.24, 2.45) is 0 Å². The smallest absolute Gasteiger partial charge is 0.120 e. The maximum absolute atomic E-state index is 6.23. The van der Waals surface area contributed by atoms with Crippen LogP contribution in [0.3, 0.4) is 0 Å². The molecule has 0 atom stereocenters. The summed E-state index contributed by atoms with van der Waals surface area (Å²) in [7, 11) is 0. The van der Waals surface area contributed by atoms with Crippen LogP contribution < -0.4 is 10.5 Å². The fourth-order valence-electron chi connectivity index (χ4n) is 3.03. The van der Waals surface area contributed by atoms with Gasteiger partial charge in [0.15, 0.2) is 0 Å². The van der Waals surface area contributed by atoms with E-state index >= 15 is 0 Å². The molecule has 3 rings (SSSR count). The lowest BCUT2D eigenvalue weighted by molar-refractivity contribution is 0.243. The van der Waals surface area contributed by atoms with Gasteiger partial charge in [-0.2, -0.15) is 0 Å². The highest BCUT2D eigenvalue weighted by molar-refractivity contribution is 5.91. The van der Waals surface area contributed by atoms with Crippen LogP contribution in [0.5, 0.6) is 5.75 Å². The van der Waals surface area contributed by atoms with Gasteiger partial charge in [0.25, 0.3) is 0 Å². The van der Waals surface area contributed by atoms with Gasteiger partial charge in [-0.05, 0) is 51.0 Å². The van der Waals surface area contributed by atoms with E-state index in [4.69, 9.17) is 15.5 Å². The first-order chi connectivity index (χ1) is 9.63. The van der Waals surface area contributed by atoms with E-state index in [2.05, 4.69) is 6.07 Å². The van der Waals surface area contributed by atoms with E-state index in [0.29, 0.717) is 5.92 Å². The quantitative estimate of drug-likeness (QED) is 0.906. The Bertz CT molecular complexity index is 616. The van der Waals surface area contributed by atoms with E-state index in [1.54, 1.807) is 0 Å². The summed E-state index contributed by atoms with van der Waals surface area (Å²) >= 11 is 0. The van der Waals surface area contributed by atoms with Crippen LogP contribution in [0.2, 0.25) is 0 Å². The highest BCUT2D eigenvalue weighted by atomic mass is 16.5. The summed E-state index contributed by atoms with van der Waals surface area (Å²) in [5, 5.41) is 0.991. The Morgan fingerprint density at radius 2 is 1.95 bits per heavy atom. The van der Waals surface area contributed by atoms with Crippen LogP contribution in [0.4, 0.5) is 5.69 Å². The van der Waals surface area contributed by atoms with Gasteiger partial charge in [0, 0.05) is 22.7 Å². The van der Waals surface area contributed by atoms with Gasteiger partial charge < -0.3 is 10.5 Å². The van der Waals surface area contributed by atoms with Gasteiger partial charge in [-0.1, -0.05) is 12.8 Å². The largest absolute Gasteiger partial charge is 0.491 e. The molecule has 1 aliphatic rings. The number of fused-ring (bicyclic) bond motifs is 1. The summed E-state index contributed by atoms with van der Waals surface area (Å²) in [6.07, 6.45) is 5.27. The molecule has 0 bridgehead atoms. The van der Waals surface area contributed by atoms with Crippen molar-refractivity contribution in [1.29, 1.82) is 0 Å². The second-order valence-corrected chi connectivity index (χ2v) is 5.96. The van der Waals surface area contributed by atoms with Crippen molar-refractivity contribution in [1.82, 2.24) is 4.98 Å². The van der Waals surface area contributed by atoms with Crippen molar-refractivity contribution in [3.8, 4) is 5.75 Å².